The Balaban J connectivity index is 4.43. The van der Waals surface area contributed by atoms with Crippen LogP contribution in [0.25, 0.3) is 0 Å². The number of rotatable bonds is 76. The highest BCUT2D eigenvalue weighted by molar-refractivity contribution is 7.47. The largest absolute Gasteiger partial charge is 0.472 e. The van der Waals surface area contributed by atoms with E-state index in [0.717, 1.165) is 154 Å². The second-order valence-electron chi connectivity index (χ2n) is 26.8. The maximum absolute atomic E-state index is 12.9. The molecular formula is C85H146O16P2. The Kier molecular flexibility index (Phi) is 74.1. The van der Waals surface area contributed by atoms with Crippen molar-refractivity contribution in [3.63, 3.8) is 0 Å². The quantitative estimate of drug-likeness (QED) is 0.0146. The number of aliphatic hydroxyl groups excluding tert-OH is 2. The van der Waals surface area contributed by atoms with Gasteiger partial charge < -0.3 is 34.2 Å². The molecule has 0 aliphatic heterocycles. The number of hydrogen-bond acceptors (Lipinski definition) is 14. The molecule has 0 rings (SSSR count). The van der Waals surface area contributed by atoms with E-state index in [9.17, 15) is 43.5 Å². The van der Waals surface area contributed by atoms with Crippen LogP contribution in [0, 0.1) is 0 Å². The van der Waals surface area contributed by atoms with Gasteiger partial charge in [0.1, 0.15) is 25.4 Å². The van der Waals surface area contributed by atoms with Crippen molar-refractivity contribution >= 4 is 33.6 Å². The predicted molar refractivity (Wildman–Crippen MR) is 426 cm³/mol. The minimum absolute atomic E-state index is 0.0913. The van der Waals surface area contributed by atoms with E-state index in [2.05, 4.69) is 154 Å². The lowest BCUT2D eigenvalue weighted by Gasteiger charge is -2.21. The first-order valence-corrected chi connectivity index (χ1v) is 43.5. The Bertz CT molecular complexity index is 2410. The van der Waals surface area contributed by atoms with Gasteiger partial charge in [0.25, 0.3) is 0 Å². The van der Waals surface area contributed by atoms with E-state index in [1.807, 2.05) is 0 Å². The number of carbonyl (C=O) groups excluding carboxylic acids is 3. The van der Waals surface area contributed by atoms with E-state index in [1.165, 1.54) is 116 Å². The molecule has 0 spiro atoms. The molecule has 18 heteroatoms. The summed E-state index contributed by atoms with van der Waals surface area (Å²) in [6.45, 7) is 2.49. The van der Waals surface area contributed by atoms with Gasteiger partial charge in [-0.05, 0) is 135 Å². The second-order valence-corrected chi connectivity index (χ2v) is 29.7. The maximum atomic E-state index is 12.9. The van der Waals surface area contributed by atoms with E-state index in [1.54, 1.807) is 0 Å². The van der Waals surface area contributed by atoms with Crippen LogP contribution in [-0.4, -0.2) is 95.9 Å². The molecule has 0 aromatic rings. The Morgan fingerprint density at radius 3 is 0.854 bits per heavy atom. The van der Waals surface area contributed by atoms with Crippen molar-refractivity contribution in [2.75, 3.05) is 39.6 Å². The topological polar surface area (TPSA) is 231 Å². The fraction of sp³-hybridized carbons (Fsp3) is 0.706. The molecule has 0 fully saturated rings. The van der Waals surface area contributed by atoms with E-state index >= 15 is 0 Å². The lowest BCUT2D eigenvalue weighted by Crippen LogP contribution is -2.30. The van der Waals surface area contributed by atoms with Crippen LogP contribution < -0.4 is 0 Å². The minimum atomic E-state index is -4.93. The molecule has 0 radical (unpaired) electrons. The molecule has 0 bridgehead atoms. The van der Waals surface area contributed by atoms with Crippen molar-refractivity contribution in [2.45, 2.75) is 347 Å². The van der Waals surface area contributed by atoms with E-state index < -0.39 is 91.5 Å². The zero-order valence-corrected chi connectivity index (χ0v) is 66.5. The monoisotopic (exact) mass is 1490 g/mol. The first-order chi connectivity index (χ1) is 50.2. The molecule has 0 aliphatic rings. The molecule has 5 atom stereocenters. The van der Waals surface area contributed by atoms with Gasteiger partial charge >= 0.3 is 33.6 Å². The van der Waals surface area contributed by atoms with Gasteiger partial charge in [-0.25, -0.2) is 9.13 Å². The van der Waals surface area contributed by atoms with Crippen molar-refractivity contribution in [2.24, 2.45) is 0 Å². The average molecular weight is 1490 g/mol. The average Bonchev–Trinajstić information content (AvgIpc) is 0.914. The summed E-state index contributed by atoms with van der Waals surface area (Å²) in [5, 5.41) is 20.6. The number of esters is 3. The molecule has 0 aromatic carbocycles. The Morgan fingerprint density at radius 1 is 0.282 bits per heavy atom. The number of hydrogen-bond donors (Lipinski definition) is 4. The minimum Gasteiger partial charge on any atom is -0.463 e. The summed E-state index contributed by atoms with van der Waals surface area (Å²) < 4.78 is 61.1. The van der Waals surface area contributed by atoms with Crippen LogP contribution in [0.2, 0.25) is 0 Å². The summed E-state index contributed by atoms with van der Waals surface area (Å²) in [7, 11) is -9.79. The van der Waals surface area contributed by atoms with Gasteiger partial charge in [-0.1, -0.05) is 309 Å². The van der Waals surface area contributed by atoms with Crippen LogP contribution in [-0.2, 0) is 55.8 Å². The fourth-order valence-electron chi connectivity index (χ4n) is 10.7. The van der Waals surface area contributed by atoms with Crippen LogP contribution in [0.15, 0.2) is 134 Å². The smallest absolute Gasteiger partial charge is 0.463 e. The lowest BCUT2D eigenvalue weighted by molar-refractivity contribution is -0.161. The first kappa shape index (κ1) is 98.7. The number of unbranched alkanes of at least 4 members (excludes halogenated alkanes) is 31. The first-order valence-electron chi connectivity index (χ1n) is 40.5. The lowest BCUT2D eigenvalue weighted by atomic mass is 10.0. The highest BCUT2D eigenvalue weighted by Crippen LogP contribution is 2.45. The predicted octanol–water partition coefficient (Wildman–Crippen LogP) is 23.9. The van der Waals surface area contributed by atoms with Gasteiger partial charge in [-0.2, -0.15) is 0 Å². The molecule has 4 N–H and O–H groups in total. The van der Waals surface area contributed by atoms with Crippen molar-refractivity contribution in [3.05, 3.63) is 134 Å². The molecule has 0 heterocycles. The molecule has 0 saturated heterocycles. The molecule has 16 nitrogen and oxygen atoms in total. The van der Waals surface area contributed by atoms with Crippen molar-refractivity contribution in [1.29, 1.82) is 0 Å². The Morgan fingerprint density at radius 2 is 0.524 bits per heavy atom. The van der Waals surface area contributed by atoms with Crippen LogP contribution in [0.5, 0.6) is 0 Å². The molecule has 0 aliphatic carbocycles. The summed E-state index contributed by atoms with van der Waals surface area (Å²) in [5.41, 5.74) is 0. The molecule has 5 unspecified atom stereocenters. The van der Waals surface area contributed by atoms with Crippen molar-refractivity contribution in [3.8, 4) is 0 Å². The highest BCUT2D eigenvalue weighted by atomic mass is 31.2. The third-order valence-electron chi connectivity index (χ3n) is 16.8. The zero-order chi connectivity index (χ0) is 75.2. The standard InChI is InChI=1S/C85H146O16P2/c1-4-7-10-13-16-19-22-24-26-28-30-32-34-36-37-38-39-40-41-43-45-46-48-50-52-54-57-59-62-65-68-71-83(88)95-74-80(86)75-97-102(91,92)98-76-81(87)77-99-103(93,94)100-79-82(101-85(90)73-70-67-64-61-56-21-18-15-12-9-6-3)78-96-84(89)72-69-66-63-60-58-55-53-51-49-47-44-42-35-33-31-29-27-25-23-20-17-14-11-8-5-2/h7,10,15-20,24-27,30-33,36-37,39-40,42,44,80-82,86-87H,4-6,8-9,11-14,21-23,28-29,34-35,38,41,43,45-79H2,1-3H3,(H,91,92)(H,93,94)/b10-7-,18-15-,19-16-,20-17-,26-24-,27-25-,32-30-,33-31-,37-36-,40-39-,44-42-. The fourth-order valence-corrected chi connectivity index (χ4v) is 12.2. The number of aliphatic hydroxyl groups is 2. The Labute approximate surface area is 626 Å². The molecule has 103 heavy (non-hydrogen) atoms. The van der Waals surface area contributed by atoms with Crippen LogP contribution in [0.4, 0.5) is 0 Å². The molecule has 0 aromatic heterocycles. The van der Waals surface area contributed by atoms with Crippen LogP contribution in [0.1, 0.15) is 329 Å². The molecule has 592 valence electrons. The summed E-state index contributed by atoms with van der Waals surface area (Å²) in [6.07, 6.45) is 93.7. The van der Waals surface area contributed by atoms with Gasteiger partial charge in [0, 0.05) is 19.3 Å². The summed E-state index contributed by atoms with van der Waals surface area (Å²) in [6, 6.07) is 0. The van der Waals surface area contributed by atoms with Crippen LogP contribution >= 0.6 is 15.6 Å². The van der Waals surface area contributed by atoms with Crippen LogP contribution in [0.3, 0.4) is 0 Å². The number of ether oxygens (including phenoxy) is 3. The number of allylic oxidation sites excluding steroid dienone is 22. The normalized spacial score (nSPS) is 14.7. The Hall–Kier alpha value is -4.31. The molecular weight excluding hydrogens is 1340 g/mol. The summed E-state index contributed by atoms with van der Waals surface area (Å²) >= 11 is 0. The second kappa shape index (κ2) is 77.3. The third kappa shape index (κ3) is 78.6. The van der Waals surface area contributed by atoms with Crippen molar-refractivity contribution < 1.29 is 75.8 Å². The maximum Gasteiger partial charge on any atom is 0.472 e. The summed E-state index contributed by atoms with van der Waals surface area (Å²) in [5.74, 6) is -1.59. The van der Waals surface area contributed by atoms with Gasteiger partial charge in [0.2, 0.25) is 0 Å². The van der Waals surface area contributed by atoms with Gasteiger partial charge in [-0.3, -0.25) is 32.5 Å². The highest BCUT2D eigenvalue weighted by Gasteiger charge is 2.29. The number of phosphoric ester groups is 2. The number of carbonyl (C=O) groups is 3. The van der Waals surface area contributed by atoms with Gasteiger partial charge in [-0.15, -0.1) is 0 Å². The van der Waals surface area contributed by atoms with Crippen molar-refractivity contribution in [1.82, 2.24) is 0 Å². The molecule has 0 amide bonds. The summed E-state index contributed by atoms with van der Waals surface area (Å²) in [4.78, 5) is 58.6. The van der Waals surface area contributed by atoms with Gasteiger partial charge in [0.05, 0.1) is 26.4 Å². The van der Waals surface area contributed by atoms with E-state index in [-0.39, 0.29) is 19.3 Å². The molecule has 0 saturated carbocycles. The van der Waals surface area contributed by atoms with Gasteiger partial charge in [0.15, 0.2) is 6.10 Å². The van der Waals surface area contributed by atoms with E-state index in [0.29, 0.717) is 19.3 Å². The van der Waals surface area contributed by atoms with E-state index in [4.69, 9.17) is 32.3 Å². The SMILES string of the molecule is CC/C=C\C/C=C\C/C=C\C/C=C\C/C=C\C/C=C\CCCCCCCCCCCCCCC(=O)OCC(O)COP(=O)(O)OCC(O)COP(=O)(O)OCC(COC(=O)CCCCCCCCCCC/C=C\C/C=C\C/C=C\C/C=C\CCCCC)OC(=O)CCCCCCC/C=C\CCCC. The third-order valence-corrected chi connectivity index (χ3v) is 18.7. The zero-order valence-electron chi connectivity index (χ0n) is 64.7. The number of phosphoric acid groups is 2.